The molecule has 1 saturated heterocycles. The van der Waals surface area contributed by atoms with E-state index < -0.39 is 10.1 Å². The lowest BCUT2D eigenvalue weighted by Crippen LogP contribution is -2.29. The van der Waals surface area contributed by atoms with Crippen molar-refractivity contribution in [3.05, 3.63) is 65.5 Å². The number of amides is 1. The van der Waals surface area contributed by atoms with Crippen LogP contribution in [0.2, 0.25) is 0 Å². The van der Waals surface area contributed by atoms with Crippen molar-refractivity contribution in [3.8, 4) is 0 Å². The molecule has 1 aromatic heterocycles. The maximum absolute atomic E-state index is 12.7. The van der Waals surface area contributed by atoms with Gasteiger partial charge < -0.3 is 9.47 Å². The SMILES string of the molecule is CCn1c(Cc2ccc(C(=O)N3CCC(CS(=O)(=O)O)C3)cc2)nc2ccccc21. The summed E-state index contributed by atoms with van der Waals surface area (Å²) in [7, 11) is -4.02. The molecule has 30 heavy (non-hydrogen) atoms. The lowest BCUT2D eigenvalue weighted by Gasteiger charge is -2.16. The van der Waals surface area contributed by atoms with Gasteiger partial charge in [0.2, 0.25) is 0 Å². The molecule has 0 bridgehead atoms. The first-order valence-electron chi connectivity index (χ1n) is 10.1. The zero-order chi connectivity index (χ0) is 21.3. The molecule has 1 atom stereocenters. The molecule has 2 aromatic carbocycles. The van der Waals surface area contributed by atoms with E-state index >= 15 is 0 Å². The number of benzene rings is 2. The summed E-state index contributed by atoms with van der Waals surface area (Å²) in [6, 6.07) is 15.6. The third kappa shape index (κ3) is 4.39. The molecule has 0 radical (unpaired) electrons. The number of aromatic nitrogens is 2. The molecule has 158 valence electrons. The van der Waals surface area contributed by atoms with E-state index in [1.807, 2.05) is 42.5 Å². The van der Waals surface area contributed by atoms with E-state index in [4.69, 9.17) is 9.54 Å². The van der Waals surface area contributed by atoms with E-state index in [1.54, 1.807) is 4.90 Å². The van der Waals surface area contributed by atoms with Crippen molar-refractivity contribution >= 4 is 27.1 Å². The summed E-state index contributed by atoms with van der Waals surface area (Å²) >= 11 is 0. The number of imidazole rings is 1. The molecule has 1 aliphatic rings. The summed E-state index contributed by atoms with van der Waals surface area (Å²) in [6.45, 7) is 3.79. The largest absolute Gasteiger partial charge is 0.338 e. The highest BCUT2D eigenvalue weighted by Gasteiger charge is 2.29. The van der Waals surface area contributed by atoms with Gasteiger partial charge in [0.25, 0.3) is 16.0 Å². The fourth-order valence-electron chi connectivity index (χ4n) is 4.19. The minimum atomic E-state index is -4.02. The van der Waals surface area contributed by atoms with Crippen LogP contribution in [-0.2, 0) is 23.1 Å². The molecule has 4 rings (SSSR count). The van der Waals surface area contributed by atoms with Crippen molar-refractivity contribution in [2.45, 2.75) is 26.3 Å². The lowest BCUT2D eigenvalue weighted by molar-refractivity contribution is 0.0788. The average molecular weight is 428 g/mol. The summed E-state index contributed by atoms with van der Waals surface area (Å²) in [5.74, 6) is 0.365. The highest BCUT2D eigenvalue weighted by atomic mass is 32.2. The number of carbonyl (C=O) groups excluding carboxylic acids is 1. The fourth-order valence-corrected chi connectivity index (χ4v) is 5.06. The van der Waals surface area contributed by atoms with Gasteiger partial charge in [0.15, 0.2) is 0 Å². The maximum atomic E-state index is 12.7. The van der Waals surface area contributed by atoms with Crippen LogP contribution in [-0.4, -0.2) is 52.2 Å². The molecule has 1 aliphatic heterocycles. The normalized spacial score (nSPS) is 17.0. The Morgan fingerprint density at radius 1 is 1.17 bits per heavy atom. The zero-order valence-corrected chi connectivity index (χ0v) is 17.7. The van der Waals surface area contributed by atoms with Crippen molar-refractivity contribution in [2.75, 3.05) is 18.8 Å². The van der Waals surface area contributed by atoms with Crippen LogP contribution in [0, 0.1) is 5.92 Å². The third-order valence-electron chi connectivity index (χ3n) is 5.63. The number of fused-ring (bicyclic) bond motifs is 1. The number of hydrogen-bond acceptors (Lipinski definition) is 4. The lowest BCUT2D eigenvalue weighted by atomic mass is 10.1. The van der Waals surface area contributed by atoms with Gasteiger partial charge in [-0.1, -0.05) is 24.3 Å². The fraction of sp³-hybridized carbons (Fsp3) is 0.364. The van der Waals surface area contributed by atoms with E-state index in [1.165, 1.54) is 0 Å². The van der Waals surface area contributed by atoms with Gasteiger partial charge in [-0.15, -0.1) is 0 Å². The molecule has 8 heteroatoms. The highest BCUT2D eigenvalue weighted by Crippen LogP contribution is 2.22. The summed E-state index contributed by atoms with van der Waals surface area (Å²) < 4.78 is 33.4. The Bertz CT molecular complexity index is 1170. The molecule has 0 saturated carbocycles. The number of rotatable bonds is 6. The number of carbonyl (C=O) groups is 1. The van der Waals surface area contributed by atoms with Crippen LogP contribution >= 0.6 is 0 Å². The molecule has 1 N–H and O–H groups in total. The number of para-hydroxylation sites is 2. The topological polar surface area (TPSA) is 92.5 Å². The zero-order valence-electron chi connectivity index (χ0n) is 16.9. The summed E-state index contributed by atoms with van der Waals surface area (Å²) in [4.78, 5) is 19.2. The second-order valence-electron chi connectivity index (χ2n) is 7.79. The Labute approximate surface area is 176 Å². The minimum Gasteiger partial charge on any atom is -0.338 e. The Balaban J connectivity index is 1.45. The van der Waals surface area contributed by atoms with Crippen LogP contribution in [0.3, 0.4) is 0 Å². The van der Waals surface area contributed by atoms with Gasteiger partial charge in [-0.25, -0.2) is 4.98 Å². The van der Waals surface area contributed by atoms with E-state index in [2.05, 4.69) is 17.6 Å². The molecule has 1 fully saturated rings. The summed E-state index contributed by atoms with van der Waals surface area (Å²) in [6.07, 6.45) is 1.26. The maximum Gasteiger partial charge on any atom is 0.265 e. The molecule has 3 aromatic rings. The van der Waals surface area contributed by atoms with Crippen molar-refractivity contribution in [3.63, 3.8) is 0 Å². The van der Waals surface area contributed by atoms with Crippen LogP contribution in [0.4, 0.5) is 0 Å². The Hall–Kier alpha value is -2.71. The monoisotopic (exact) mass is 427 g/mol. The van der Waals surface area contributed by atoms with Crippen LogP contribution < -0.4 is 0 Å². The standard InChI is InChI=1S/C22H25N3O4S/c1-2-25-20-6-4-3-5-19(20)23-21(25)13-16-7-9-18(10-8-16)22(26)24-12-11-17(14-24)15-30(27,28)29/h3-10,17H,2,11-15H2,1H3,(H,27,28,29). The number of likely N-dealkylation sites (tertiary alicyclic amines) is 1. The average Bonchev–Trinajstić information content (AvgIpc) is 3.30. The van der Waals surface area contributed by atoms with Crippen LogP contribution in [0.15, 0.2) is 48.5 Å². The van der Waals surface area contributed by atoms with Gasteiger partial charge in [0.1, 0.15) is 5.82 Å². The Morgan fingerprint density at radius 2 is 1.90 bits per heavy atom. The van der Waals surface area contributed by atoms with Gasteiger partial charge in [-0.05, 0) is 49.1 Å². The van der Waals surface area contributed by atoms with Crippen LogP contribution in [0.1, 0.15) is 35.1 Å². The van der Waals surface area contributed by atoms with Gasteiger partial charge in [0, 0.05) is 31.6 Å². The highest BCUT2D eigenvalue weighted by molar-refractivity contribution is 7.85. The molecule has 7 nitrogen and oxygen atoms in total. The Morgan fingerprint density at radius 3 is 2.60 bits per heavy atom. The van der Waals surface area contributed by atoms with Crippen molar-refractivity contribution in [1.29, 1.82) is 0 Å². The quantitative estimate of drug-likeness (QED) is 0.611. The molecule has 0 spiro atoms. The van der Waals surface area contributed by atoms with E-state index in [9.17, 15) is 13.2 Å². The number of nitrogens with zero attached hydrogens (tertiary/aromatic N) is 3. The predicted molar refractivity (Wildman–Crippen MR) is 115 cm³/mol. The van der Waals surface area contributed by atoms with Gasteiger partial charge >= 0.3 is 0 Å². The van der Waals surface area contributed by atoms with E-state index in [0.717, 1.165) is 29.0 Å². The molecular formula is C22H25N3O4S. The van der Waals surface area contributed by atoms with Crippen LogP contribution in [0.25, 0.3) is 11.0 Å². The van der Waals surface area contributed by atoms with Gasteiger partial charge in [0.05, 0.1) is 16.8 Å². The number of aryl methyl sites for hydroxylation is 1. The second kappa shape index (κ2) is 8.20. The molecule has 2 heterocycles. The Kier molecular flexibility index (Phi) is 5.62. The van der Waals surface area contributed by atoms with E-state index in [-0.39, 0.29) is 17.6 Å². The molecule has 0 aliphatic carbocycles. The molecular weight excluding hydrogens is 402 g/mol. The van der Waals surface area contributed by atoms with Gasteiger partial charge in [-0.2, -0.15) is 8.42 Å². The number of hydrogen-bond donors (Lipinski definition) is 1. The van der Waals surface area contributed by atoms with Crippen molar-refractivity contribution in [1.82, 2.24) is 14.5 Å². The van der Waals surface area contributed by atoms with E-state index in [0.29, 0.717) is 31.5 Å². The molecule has 1 amide bonds. The molecule has 1 unspecified atom stereocenters. The van der Waals surface area contributed by atoms with Crippen molar-refractivity contribution in [2.24, 2.45) is 5.92 Å². The third-order valence-corrected chi connectivity index (χ3v) is 6.52. The smallest absolute Gasteiger partial charge is 0.265 e. The second-order valence-corrected chi connectivity index (χ2v) is 9.29. The predicted octanol–water partition coefficient (Wildman–Crippen LogP) is 3.00. The first kappa shape index (κ1) is 20.6. The van der Waals surface area contributed by atoms with Gasteiger partial charge in [-0.3, -0.25) is 9.35 Å². The summed E-state index contributed by atoms with van der Waals surface area (Å²) in [5.41, 5.74) is 3.75. The first-order chi connectivity index (χ1) is 14.3. The van der Waals surface area contributed by atoms with Crippen molar-refractivity contribution < 1.29 is 17.8 Å². The van der Waals surface area contributed by atoms with Crippen LogP contribution in [0.5, 0.6) is 0 Å². The minimum absolute atomic E-state index is 0.111. The summed E-state index contributed by atoms with van der Waals surface area (Å²) in [5, 5.41) is 0. The first-order valence-corrected chi connectivity index (χ1v) is 11.7.